The number of carbonyl (C=O) groups is 4. The van der Waals surface area contributed by atoms with Gasteiger partial charge in [0.25, 0.3) is 11.8 Å². The number of methoxy groups -OCH3 is 2. The molecular weight excluding hydrogens is 977 g/mol. The van der Waals surface area contributed by atoms with Crippen molar-refractivity contribution in [2.75, 3.05) is 63.5 Å². The summed E-state index contributed by atoms with van der Waals surface area (Å²) in [7, 11) is 3.11. The summed E-state index contributed by atoms with van der Waals surface area (Å²) in [5.74, 6) is 0.643. The first-order valence-electron chi connectivity index (χ1n) is 28.3. The molecule has 6 heterocycles. The predicted molar refractivity (Wildman–Crippen MR) is 285 cm³/mol. The van der Waals surface area contributed by atoms with Crippen LogP contribution in [0.25, 0.3) is 0 Å². The molecule has 8 atom stereocenters. The van der Waals surface area contributed by atoms with Crippen LogP contribution in [0.3, 0.4) is 0 Å². The molecule has 4 unspecified atom stereocenters. The molecule has 18 heteroatoms. The molecule has 2 aromatic carbocycles. The zero-order chi connectivity index (χ0) is 54.0. The first-order chi connectivity index (χ1) is 36.5. The van der Waals surface area contributed by atoms with Crippen molar-refractivity contribution in [3.63, 3.8) is 0 Å². The smallest absolute Gasteiger partial charge is 0.417 e. The van der Waals surface area contributed by atoms with Crippen molar-refractivity contribution in [1.82, 2.24) is 9.80 Å². The van der Waals surface area contributed by atoms with Crippen molar-refractivity contribution in [3.05, 3.63) is 47.5 Å². The van der Waals surface area contributed by atoms with Gasteiger partial charge in [-0.1, -0.05) is 51.4 Å². The molecule has 4 saturated heterocycles. The van der Waals surface area contributed by atoms with Crippen LogP contribution in [0.4, 0.5) is 21.0 Å². The van der Waals surface area contributed by atoms with E-state index in [1.54, 1.807) is 50.6 Å². The van der Waals surface area contributed by atoms with Crippen molar-refractivity contribution < 1.29 is 66.5 Å². The van der Waals surface area contributed by atoms with Gasteiger partial charge in [0.2, 0.25) is 0 Å². The zero-order valence-electron chi connectivity index (χ0n) is 46.6. The van der Waals surface area contributed by atoms with Crippen molar-refractivity contribution in [2.24, 2.45) is 0 Å². The number of hydrogen-bond donors (Lipinski definition) is 0. The van der Waals surface area contributed by atoms with E-state index >= 15 is 0 Å². The molecular formula is C58H86N4O14. The predicted octanol–water partition coefficient (Wildman–Crippen LogP) is 10.8. The summed E-state index contributed by atoms with van der Waals surface area (Å²) in [6.45, 7) is 14.1. The summed E-state index contributed by atoms with van der Waals surface area (Å²) in [6.07, 6.45) is 12.1. The molecule has 0 aromatic heterocycles. The molecule has 8 rings (SSSR count). The van der Waals surface area contributed by atoms with Crippen LogP contribution < -0.4 is 19.3 Å². The maximum absolute atomic E-state index is 14.3. The van der Waals surface area contributed by atoms with E-state index < -0.39 is 60.5 Å². The molecule has 6 aliphatic rings. The minimum absolute atomic E-state index is 0.187. The highest BCUT2D eigenvalue weighted by atomic mass is 16.7. The van der Waals surface area contributed by atoms with Gasteiger partial charge >= 0.3 is 12.2 Å². The third-order valence-electron chi connectivity index (χ3n) is 15.0. The summed E-state index contributed by atoms with van der Waals surface area (Å²) in [5.41, 5.74) is -0.0888. The number of benzene rings is 2. The Hall–Kier alpha value is -4.72. The Morgan fingerprint density at radius 2 is 0.921 bits per heavy atom. The lowest BCUT2D eigenvalue weighted by molar-refractivity contribution is -0.202. The number of fused-ring (bicyclic) bond motifs is 4. The van der Waals surface area contributed by atoms with E-state index in [4.69, 9.17) is 47.4 Å². The molecule has 4 amide bonds. The van der Waals surface area contributed by atoms with Crippen LogP contribution >= 0.6 is 0 Å². The van der Waals surface area contributed by atoms with Gasteiger partial charge in [-0.2, -0.15) is 0 Å². The largest absolute Gasteiger partial charge is 0.497 e. The van der Waals surface area contributed by atoms with Crippen molar-refractivity contribution in [3.8, 4) is 11.5 Å². The molecule has 0 bridgehead atoms. The second-order valence-electron chi connectivity index (χ2n) is 23.0. The number of anilines is 2. The van der Waals surface area contributed by atoms with E-state index in [1.807, 2.05) is 51.3 Å². The van der Waals surface area contributed by atoms with Crippen LogP contribution in [-0.4, -0.2) is 148 Å². The summed E-state index contributed by atoms with van der Waals surface area (Å²) in [4.78, 5) is 63.8. The van der Waals surface area contributed by atoms with Crippen LogP contribution in [0, 0.1) is 0 Å². The summed E-state index contributed by atoms with van der Waals surface area (Å²) in [6, 6.07) is 9.15. The third kappa shape index (κ3) is 14.3. The van der Waals surface area contributed by atoms with Gasteiger partial charge in [0.15, 0.2) is 25.0 Å². The Bertz CT molecular complexity index is 2100. The Labute approximate surface area is 450 Å². The molecule has 0 N–H and O–H groups in total. The van der Waals surface area contributed by atoms with Gasteiger partial charge in [0, 0.05) is 51.6 Å². The standard InChI is InChI=1S/C58H86N4O14/c1-57(2,3)75-55(65)61-43-37-39(67-7)25-27-41(43)51(63)59-31-29-45(49(59)53(61)73-47-23-17-21-35-71-47)69-33-19-15-13-11-9-10-12-14-16-20-34-70-46-30-32-60-50(46)54(74-48-24-18-22-36-72-48)62(56(66)76-58(4,5)6)44-38-40(68-8)26-28-42(44)52(60)64/h25-28,37-38,45-50,53-54H,9-24,29-36H2,1-8H3/t45?,46?,47?,48?,49-,50-,53-,54-/m0/s1. The first kappa shape index (κ1) is 57.5. The quantitative estimate of drug-likeness (QED) is 0.108. The monoisotopic (exact) mass is 1060 g/mol. The van der Waals surface area contributed by atoms with Crippen molar-refractivity contribution >= 4 is 35.4 Å². The molecule has 0 aliphatic carbocycles. The second kappa shape index (κ2) is 26.3. The number of ether oxygens (including phenoxy) is 10. The topological polar surface area (TPSA) is 174 Å². The van der Waals surface area contributed by atoms with Gasteiger partial charge in [0.05, 0.1) is 48.9 Å². The second-order valence-corrected chi connectivity index (χ2v) is 23.0. The Morgan fingerprint density at radius 3 is 1.26 bits per heavy atom. The fraction of sp³-hybridized carbons (Fsp3) is 0.724. The van der Waals surface area contributed by atoms with E-state index in [0.717, 1.165) is 89.9 Å². The van der Waals surface area contributed by atoms with Gasteiger partial charge in [-0.15, -0.1) is 0 Å². The minimum Gasteiger partial charge on any atom is -0.497 e. The van der Waals surface area contributed by atoms with Gasteiger partial charge in [-0.05, 0) is 130 Å². The SMILES string of the molecule is COc1ccc2c(c1)N(C(=O)OC(C)(C)C)[C@@H](OC1CCCCO1)[C@@H]1C(OCCCCCCCCCCCCOC3CCN4C(=O)c5ccc(OC)cc5N(C(=O)OC(C)(C)C)[C@@H](OC5CCCCO5)[C@H]34)CCN1C2=O. The van der Waals surface area contributed by atoms with Crippen LogP contribution in [0.5, 0.6) is 11.5 Å². The van der Waals surface area contributed by atoms with Gasteiger partial charge in [-0.25, -0.2) is 19.4 Å². The minimum atomic E-state index is -0.917. The fourth-order valence-corrected chi connectivity index (χ4v) is 11.4. The molecule has 422 valence electrons. The van der Waals surface area contributed by atoms with Crippen LogP contribution in [-0.2, 0) is 37.9 Å². The zero-order valence-corrected chi connectivity index (χ0v) is 46.6. The number of nitrogens with zero attached hydrogens (tertiary/aromatic N) is 4. The molecule has 0 spiro atoms. The number of hydrogen-bond acceptors (Lipinski definition) is 14. The maximum atomic E-state index is 14.3. The summed E-state index contributed by atoms with van der Waals surface area (Å²) >= 11 is 0. The Kier molecular flexibility index (Phi) is 19.9. The first-order valence-corrected chi connectivity index (χ1v) is 28.3. The van der Waals surface area contributed by atoms with E-state index in [-0.39, 0.29) is 24.0 Å². The Morgan fingerprint density at radius 1 is 0.539 bits per heavy atom. The number of amides is 4. The molecule has 0 radical (unpaired) electrons. The number of carbonyl (C=O) groups excluding carboxylic acids is 4. The van der Waals surface area contributed by atoms with Gasteiger partial charge in [-0.3, -0.25) is 9.59 Å². The lowest BCUT2D eigenvalue weighted by atomic mass is 10.1. The molecule has 4 fully saturated rings. The van der Waals surface area contributed by atoms with Crippen LogP contribution in [0.1, 0.15) is 178 Å². The van der Waals surface area contributed by atoms with Gasteiger partial charge < -0.3 is 57.2 Å². The highest BCUT2D eigenvalue weighted by molar-refractivity contribution is 6.06. The van der Waals surface area contributed by atoms with E-state index in [1.165, 1.54) is 9.80 Å². The summed E-state index contributed by atoms with van der Waals surface area (Å²) < 4.78 is 62.0. The molecule has 0 saturated carbocycles. The fourth-order valence-electron chi connectivity index (χ4n) is 11.4. The summed E-state index contributed by atoms with van der Waals surface area (Å²) in [5, 5.41) is 0. The van der Waals surface area contributed by atoms with E-state index in [0.29, 0.717) is 99.2 Å². The van der Waals surface area contributed by atoms with Crippen molar-refractivity contribution in [1.29, 1.82) is 0 Å². The molecule has 2 aromatic rings. The van der Waals surface area contributed by atoms with Crippen LogP contribution in [0.2, 0.25) is 0 Å². The highest BCUT2D eigenvalue weighted by Crippen LogP contribution is 2.43. The average Bonchev–Trinajstić information content (AvgIpc) is 4.09. The average molecular weight is 1060 g/mol. The van der Waals surface area contributed by atoms with Crippen LogP contribution in [0.15, 0.2) is 36.4 Å². The molecule has 18 nitrogen and oxygen atoms in total. The third-order valence-corrected chi connectivity index (χ3v) is 15.0. The lowest BCUT2D eigenvalue weighted by Crippen LogP contribution is -2.58. The Balaban J connectivity index is 0.791. The van der Waals surface area contributed by atoms with Gasteiger partial charge in [0.1, 0.15) is 34.8 Å². The highest BCUT2D eigenvalue weighted by Gasteiger charge is 2.54. The van der Waals surface area contributed by atoms with E-state index in [2.05, 4.69) is 0 Å². The molecule has 76 heavy (non-hydrogen) atoms. The lowest BCUT2D eigenvalue weighted by Gasteiger charge is -2.40. The van der Waals surface area contributed by atoms with Crippen molar-refractivity contribution in [2.45, 2.75) is 218 Å². The normalized spacial score (nSPS) is 25.8. The number of rotatable bonds is 21. The number of unbranched alkanes of at least 4 members (excludes halogenated alkanes) is 9. The molecule has 6 aliphatic heterocycles. The maximum Gasteiger partial charge on any atom is 0.417 e. The van der Waals surface area contributed by atoms with E-state index in [9.17, 15) is 19.2 Å².